The van der Waals surface area contributed by atoms with Gasteiger partial charge in [0.15, 0.2) is 5.17 Å². The second-order valence-electron chi connectivity index (χ2n) is 4.99. The van der Waals surface area contributed by atoms with Gasteiger partial charge in [0.25, 0.3) is 0 Å². The Bertz CT molecular complexity index is 628. The van der Waals surface area contributed by atoms with Crippen molar-refractivity contribution in [3.05, 3.63) is 54.6 Å². The maximum absolute atomic E-state index is 5.84. The molecule has 4 heteroatoms. The lowest BCUT2D eigenvalue weighted by atomic mass is 10.3. The highest BCUT2D eigenvalue weighted by Crippen LogP contribution is 2.25. The van der Waals surface area contributed by atoms with Crippen molar-refractivity contribution < 1.29 is 4.74 Å². The number of ether oxygens (including phenoxy) is 1. The van der Waals surface area contributed by atoms with Gasteiger partial charge in [-0.1, -0.05) is 36.0 Å². The van der Waals surface area contributed by atoms with E-state index in [4.69, 9.17) is 4.74 Å². The molecule has 1 aliphatic rings. The zero-order valence-corrected chi connectivity index (χ0v) is 12.8. The van der Waals surface area contributed by atoms with Crippen LogP contribution in [-0.2, 0) is 0 Å². The predicted octanol–water partition coefficient (Wildman–Crippen LogP) is 4.77. The summed E-state index contributed by atoms with van der Waals surface area (Å²) < 4.78 is 5.84. The van der Waals surface area contributed by atoms with Crippen LogP contribution in [0.15, 0.2) is 59.6 Å². The van der Waals surface area contributed by atoms with E-state index >= 15 is 0 Å². The van der Waals surface area contributed by atoms with Gasteiger partial charge >= 0.3 is 0 Å². The maximum atomic E-state index is 5.84. The third-order valence-electron chi connectivity index (χ3n) is 3.18. The zero-order valence-electron chi connectivity index (χ0n) is 12.0. The van der Waals surface area contributed by atoms with Crippen molar-refractivity contribution >= 4 is 22.6 Å². The van der Waals surface area contributed by atoms with Crippen LogP contribution < -0.4 is 10.1 Å². The Morgan fingerprint density at radius 1 is 1.10 bits per heavy atom. The molecule has 0 fully saturated rings. The van der Waals surface area contributed by atoms with E-state index in [2.05, 4.69) is 17.2 Å². The van der Waals surface area contributed by atoms with Crippen molar-refractivity contribution in [3.63, 3.8) is 0 Å². The number of aliphatic imine (C=N–C) groups is 1. The van der Waals surface area contributed by atoms with Gasteiger partial charge in [0.2, 0.25) is 0 Å². The van der Waals surface area contributed by atoms with Crippen LogP contribution in [0, 0.1) is 0 Å². The van der Waals surface area contributed by atoms with E-state index in [1.165, 1.54) is 0 Å². The van der Waals surface area contributed by atoms with E-state index in [9.17, 15) is 0 Å². The monoisotopic (exact) mass is 298 g/mol. The molecule has 1 heterocycles. The predicted molar refractivity (Wildman–Crippen MR) is 90.6 cm³/mol. The van der Waals surface area contributed by atoms with Crippen molar-refractivity contribution in [2.24, 2.45) is 4.99 Å². The van der Waals surface area contributed by atoms with Gasteiger partial charge in [-0.25, -0.2) is 0 Å². The van der Waals surface area contributed by atoms with Crippen LogP contribution in [0.3, 0.4) is 0 Å². The van der Waals surface area contributed by atoms with E-state index in [0.29, 0.717) is 6.04 Å². The molecule has 1 aliphatic heterocycles. The highest BCUT2D eigenvalue weighted by Gasteiger charge is 2.11. The molecule has 2 aromatic rings. The summed E-state index contributed by atoms with van der Waals surface area (Å²) >= 11 is 1.77. The second-order valence-corrected chi connectivity index (χ2v) is 6.07. The number of rotatable bonds is 3. The maximum Gasteiger partial charge on any atom is 0.161 e. The average molecular weight is 298 g/mol. The SMILES string of the molecule is CC1CCSC(Nc2cccc(Oc3ccccc3)c2)=N1. The Morgan fingerprint density at radius 3 is 2.71 bits per heavy atom. The number of benzene rings is 2. The van der Waals surface area contributed by atoms with Gasteiger partial charge in [-0.3, -0.25) is 4.99 Å². The van der Waals surface area contributed by atoms with E-state index in [1.54, 1.807) is 11.8 Å². The Balaban J connectivity index is 1.71. The Labute approximate surface area is 129 Å². The molecule has 21 heavy (non-hydrogen) atoms. The van der Waals surface area contributed by atoms with Crippen molar-refractivity contribution in [2.45, 2.75) is 19.4 Å². The Kier molecular flexibility index (Phi) is 4.46. The summed E-state index contributed by atoms with van der Waals surface area (Å²) in [6.45, 7) is 2.15. The topological polar surface area (TPSA) is 33.6 Å². The minimum absolute atomic E-state index is 0.400. The molecule has 0 aliphatic carbocycles. The standard InChI is InChI=1S/C17H18N2OS/c1-13-10-11-21-17(18-13)19-14-6-5-9-16(12-14)20-15-7-3-2-4-8-15/h2-9,12-13H,10-11H2,1H3,(H,18,19). The van der Waals surface area contributed by atoms with Gasteiger partial charge in [0.05, 0.1) is 6.04 Å². The smallest absolute Gasteiger partial charge is 0.161 e. The molecule has 0 aromatic heterocycles. The summed E-state index contributed by atoms with van der Waals surface area (Å²) in [7, 11) is 0. The molecule has 0 saturated heterocycles. The lowest BCUT2D eigenvalue weighted by Crippen LogP contribution is -2.17. The van der Waals surface area contributed by atoms with Gasteiger partial charge in [0, 0.05) is 17.5 Å². The summed E-state index contributed by atoms with van der Waals surface area (Å²) in [6, 6.07) is 18.2. The quantitative estimate of drug-likeness (QED) is 0.886. The molecule has 0 spiro atoms. The van der Waals surface area contributed by atoms with E-state index < -0.39 is 0 Å². The number of hydrogen-bond donors (Lipinski definition) is 1. The van der Waals surface area contributed by atoms with Gasteiger partial charge in [0.1, 0.15) is 11.5 Å². The van der Waals surface area contributed by atoms with Gasteiger partial charge in [-0.05, 0) is 37.6 Å². The van der Waals surface area contributed by atoms with E-state index in [1.807, 2.05) is 54.6 Å². The van der Waals surface area contributed by atoms with Crippen LogP contribution >= 0.6 is 11.8 Å². The molecule has 0 radical (unpaired) electrons. The molecule has 1 unspecified atom stereocenters. The first-order valence-electron chi connectivity index (χ1n) is 7.10. The largest absolute Gasteiger partial charge is 0.457 e. The molecule has 0 amide bonds. The number of nitrogens with one attached hydrogen (secondary N) is 1. The number of amidine groups is 1. The highest BCUT2D eigenvalue weighted by atomic mass is 32.2. The molecule has 1 atom stereocenters. The minimum Gasteiger partial charge on any atom is -0.457 e. The first-order valence-corrected chi connectivity index (χ1v) is 8.09. The summed E-state index contributed by atoms with van der Waals surface area (Å²) in [5, 5.41) is 4.36. The van der Waals surface area contributed by atoms with Crippen molar-refractivity contribution in [1.29, 1.82) is 0 Å². The molecule has 0 saturated carbocycles. The Hall–Kier alpha value is -1.94. The van der Waals surface area contributed by atoms with Crippen LogP contribution in [0.5, 0.6) is 11.5 Å². The van der Waals surface area contributed by atoms with E-state index in [0.717, 1.165) is 34.5 Å². The normalized spacial score (nSPS) is 18.0. The van der Waals surface area contributed by atoms with Gasteiger partial charge in [-0.15, -0.1) is 0 Å². The number of thioether (sulfide) groups is 1. The molecule has 0 bridgehead atoms. The van der Waals surface area contributed by atoms with Crippen LogP contribution in [-0.4, -0.2) is 17.0 Å². The summed E-state index contributed by atoms with van der Waals surface area (Å²) in [5.41, 5.74) is 1.00. The van der Waals surface area contributed by atoms with E-state index in [-0.39, 0.29) is 0 Å². The fourth-order valence-electron chi connectivity index (χ4n) is 2.08. The summed E-state index contributed by atoms with van der Waals surface area (Å²) in [6.07, 6.45) is 1.15. The highest BCUT2D eigenvalue weighted by molar-refractivity contribution is 8.14. The third kappa shape index (κ3) is 4.02. The minimum atomic E-state index is 0.400. The zero-order chi connectivity index (χ0) is 14.5. The number of para-hydroxylation sites is 1. The van der Waals surface area contributed by atoms with Crippen LogP contribution in [0.1, 0.15) is 13.3 Å². The van der Waals surface area contributed by atoms with Crippen molar-refractivity contribution in [2.75, 3.05) is 11.1 Å². The van der Waals surface area contributed by atoms with Gasteiger partial charge < -0.3 is 10.1 Å². The molecule has 2 aromatic carbocycles. The number of anilines is 1. The third-order valence-corrected chi connectivity index (χ3v) is 4.10. The Morgan fingerprint density at radius 2 is 1.90 bits per heavy atom. The molecule has 3 nitrogen and oxygen atoms in total. The van der Waals surface area contributed by atoms with Crippen LogP contribution in [0.2, 0.25) is 0 Å². The van der Waals surface area contributed by atoms with Crippen LogP contribution in [0.25, 0.3) is 0 Å². The lowest BCUT2D eigenvalue weighted by Gasteiger charge is -2.18. The molecule has 3 rings (SSSR count). The molecular formula is C17H18N2OS. The fraction of sp³-hybridized carbons (Fsp3) is 0.235. The second kappa shape index (κ2) is 6.68. The molecule has 108 valence electrons. The first kappa shape index (κ1) is 14.0. The number of nitrogens with zero attached hydrogens (tertiary/aromatic N) is 1. The lowest BCUT2D eigenvalue weighted by molar-refractivity contribution is 0.483. The summed E-state index contributed by atoms with van der Waals surface area (Å²) in [4.78, 5) is 4.62. The average Bonchev–Trinajstić information content (AvgIpc) is 2.49. The fourth-order valence-corrected chi connectivity index (χ4v) is 3.18. The number of hydrogen-bond acceptors (Lipinski definition) is 4. The van der Waals surface area contributed by atoms with Crippen molar-refractivity contribution in [1.82, 2.24) is 0 Å². The summed E-state index contributed by atoms with van der Waals surface area (Å²) in [5.74, 6) is 2.78. The first-order chi connectivity index (χ1) is 10.3. The van der Waals surface area contributed by atoms with Crippen molar-refractivity contribution in [3.8, 4) is 11.5 Å². The molecule has 1 N–H and O–H groups in total. The molecular weight excluding hydrogens is 280 g/mol. The van der Waals surface area contributed by atoms with Gasteiger partial charge in [-0.2, -0.15) is 0 Å². The van der Waals surface area contributed by atoms with Crippen LogP contribution in [0.4, 0.5) is 5.69 Å².